The summed E-state index contributed by atoms with van der Waals surface area (Å²) < 4.78 is 16.6. The second-order valence-electron chi connectivity index (χ2n) is 12.4. The Hall–Kier alpha value is -3.34. The van der Waals surface area contributed by atoms with Crippen molar-refractivity contribution in [1.82, 2.24) is 20.2 Å². The van der Waals surface area contributed by atoms with E-state index in [1.807, 2.05) is 30.3 Å². The molecule has 3 aromatic rings. The number of ether oxygens (including phenoxy) is 3. The summed E-state index contributed by atoms with van der Waals surface area (Å²) in [6.07, 6.45) is 2.21. The van der Waals surface area contributed by atoms with Gasteiger partial charge in [0.1, 0.15) is 5.82 Å². The fourth-order valence-electron chi connectivity index (χ4n) is 5.47. The predicted octanol–water partition coefficient (Wildman–Crippen LogP) is 5.03. The number of fused-ring (bicyclic) bond motifs is 1. The van der Waals surface area contributed by atoms with Gasteiger partial charge in [0, 0.05) is 68.7 Å². The fraction of sp³-hybridized carbons (Fsp3) is 0.485. The Bertz CT molecular complexity index is 1410. The number of carbonyl (C=O) groups excluding carboxylic acids is 1. The molecule has 9 nitrogen and oxygen atoms in total. The lowest BCUT2D eigenvalue weighted by Gasteiger charge is -2.36. The number of amides is 1. The highest BCUT2D eigenvalue weighted by Gasteiger charge is 2.24. The third-order valence-corrected chi connectivity index (χ3v) is 9.02. The van der Waals surface area contributed by atoms with Crippen LogP contribution in [0.2, 0.25) is 0 Å². The summed E-state index contributed by atoms with van der Waals surface area (Å²) in [7, 11) is 0. The van der Waals surface area contributed by atoms with E-state index in [9.17, 15) is 4.79 Å². The van der Waals surface area contributed by atoms with Crippen LogP contribution in [0.1, 0.15) is 60.8 Å². The molecule has 0 unspecified atom stereocenters. The second kappa shape index (κ2) is 13.1. The second-order valence-corrected chi connectivity index (χ2v) is 13.4. The molecule has 1 atom stereocenters. The molecule has 43 heavy (non-hydrogen) atoms. The Morgan fingerprint density at radius 2 is 1.74 bits per heavy atom. The molecule has 0 saturated carbocycles. The van der Waals surface area contributed by atoms with Gasteiger partial charge in [-0.2, -0.15) is 0 Å². The van der Waals surface area contributed by atoms with Crippen LogP contribution in [0.5, 0.6) is 11.5 Å². The summed E-state index contributed by atoms with van der Waals surface area (Å²) in [6, 6.07) is 16.2. The van der Waals surface area contributed by atoms with Crippen molar-refractivity contribution in [2.45, 2.75) is 62.6 Å². The molecule has 3 aliphatic heterocycles. The van der Waals surface area contributed by atoms with Gasteiger partial charge in [0.2, 0.25) is 6.79 Å². The molecule has 228 valence electrons. The number of aromatic nitrogens is 2. The summed E-state index contributed by atoms with van der Waals surface area (Å²) >= 11 is 1.64. The summed E-state index contributed by atoms with van der Waals surface area (Å²) in [4.78, 5) is 27.3. The standard InChI is InChI=1S/C33H41N5O4S/c1-33(2,3)29-18-30(38-14-12-37(13-15-38)20-24-8-11-27-28(17-24)42-22-41-27)36-32(35-29)43-21-23-6-9-25(10-7-23)31(39)34-19-26-5-4-16-40-26/h6-11,17-18,26H,4-5,12-16,19-22H2,1-3H3,(H,34,39)/t26-/m1/s1. The molecule has 3 aliphatic rings. The molecule has 1 N–H and O–H groups in total. The van der Waals surface area contributed by atoms with Gasteiger partial charge in [-0.3, -0.25) is 9.69 Å². The zero-order chi connectivity index (χ0) is 29.8. The number of carbonyl (C=O) groups is 1. The van der Waals surface area contributed by atoms with Crippen molar-refractivity contribution < 1.29 is 19.0 Å². The number of benzene rings is 2. The van der Waals surface area contributed by atoms with Gasteiger partial charge in [0.05, 0.1) is 11.8 Å². The van der Waals surface area contributed by atoms with Gasteiger partial charge in [-0.15, -0.1) is 0 Å². The topological polar surface area (TPSA) is 89.0 Å². The average molecular weight is 604 g/mol. The van der Waals surface area contributed by atoms with Gasteiger partial charge in [0.25, 0.3) is 5.91 Å². The van der Waals surface area contributed by atoms with Crippen LogP contribution in [-0.4, -0.2) is 73.0 Å². The van der Waals surface area contributed by atoms with Crippen LogP contribution in [0.3, 0.4) is 0 Å². The summed E-state index contributed by atoms with van der Waals surface area (Å²) in [5.41, 5.74) is 3.98. The molecular weight excluding hydrogens is 562 g/mol. The number of nitrogens with one attached hydrogen (secondary N) is 1. The third kappa shape index (κ3) is 7.60. The van der Waals surface area contributed by atoms with Gasteiger partial charge in [-0.25, -0.2) is 9.97 Å². The maximum absolute atomic E-state index is 12.6. The lowest BCUT2D eigenvalue weighted by atomic mass is 9.92. The molecular formula is C33H41N5O4S. The zero-order valence-electron chi connectivity index (χ0n) is 25.3. The van der Waals surface area contributed by atoms with E-state index in [2.05, 4.69) is 54.1 Å². The van der Waals surface area contributed by atoms with Gasteiger partial charge in [-0.05, 0) is 48.2 Å². The first kappa shape index (κ1) is 29.7. The third-order valence-electron chi connectivity index (χ3n) is 8.10. The van der Waals surface area contributed by atoms with Crippen LogP contribution in [0.15, 0.2) is 53.7 Å². The monoisotopic (exact) mass is 603 g/mol. The van der Waals surface area contributed by atoms with Crippen molar-refractivity contribution >= 4 is 23.5 Å². The van der Waals surface area contributed by atoms with Crippen LogP contribution >= 0.6 is 11.8 Å². The van der Waals surface area contributed by atoms with Gasteiger partial charge in [0.15, 0.2) is 16.7 Å². The Labute approximate surface area is 258 Å². The van der Waals surface area contributed by atoms with Gasteiger partial charge >= 0.3 is 0 Å². The van der Waals surface area contributed by atoms with Gasteiger partial charge < -0.3 is 24.4 Å². The SMILES string of the molecule is CC(C)(C)c1cc(N2CCN(Cc3ccc4c(c3)OCO4)CC2)nc(SCc2ccc(C(=O)NC[C@H]3CCCO3)cc2)n1. The van der Waals surface area contributed by atoms with Crippen LogP contribution in [-0.2, 0) is 22.4 Å². The lowest BCUT2D eigenvalue weighted by molar-refractivity contribution is 0.0858. The molecule has 4 heterocycles. The number of thioether (sulfide) groups is 1. The molecule has 0 radical (unpaired) electrons. The van der Waals surface area contributed by atoms with E-state index in [-0.39, 0.29) is 17.4 Å². The summed E-state index contributed by atoms with van der Waals surface area (Å²) in [6.45, 7) is 12.9. The first-order valence-electron chi connectivity index (χ1n) is 15.2. The van der Waals surface area contributed by atoms with Gasteiger partial charge in [-0.1, -0.05) is 50.7 Å². The van der Waals surface area contributed by atoms with Crippen molar-refractivity contribution in [3.05, 3.63) is 70.9 Å². The van der Waals surface area contributed by atoms with E-state index in [1.165, 1.54) is 5.56 Å². The molecule has 2 saturated heterocycles. The number of anilines is 1. The molecule has 0 spiro atoms. The number of nitrogens with zero attached hydrogens (tertiary/aromatic N) is 4. The highest BCUT2D eigenvalue weighted by Crippen LogP contribution is 2.33. The van der Waals surface area contributed by atoms with E-state index in [4.69, 9.17) is 24.2 Å². The summed E-state index contributed by atoms with van der Waals surface area (Å²) in [5, 5.41) is 3.77. The van der Waals surface area contributed by atoms with E-state index in [1.54, 1.807) is 11.8 Å². The number of hydrogen-bond donors (Lipinski definition) is 1. The van der Waals surface area contributed by atoms with E-state index >= 15 is 0 Å². The number of rotatable bonds is 9. The zero-order valence-corrected chi connectivity index (χ0v) is 26.1. The highest BCUT2D eigenvalue weighted by atomic mass is 32.2. The molecule has 2 fully saturated rings. The van der Waals surface area contributed by atoms with Crippen molar-refractivity contribution in [2.75, 3.05) is 51.0 Å². The van der Waals surface area contributed by atoms with Crippen molar-refractivity contribution in [3.8, 4) is 11.5 Å². The molecule has 0 aliphatic carbocycles. The van der Waals surface area contributed by atoms with E-state index < -0.39 is 0 Å². The normalized spacial score (nSPS) is 18.7. The quantitative estimate of drug-likeness (QED) is 0.267. The Balaban J connectivity index is 1.05. The van der Waals surface area contributed by atoms with Crippen LogP contribution in [0.4, 0.5) is 5.82 Å². The first-order chi connectivity index (χ1) is 20.8. The Morgan fingerprint density at radius 1 is 0.977 bits per heavy atom. The average Bonchev–Trinajstić information content (AvgIpc) is 3.71. The minimum atomic E-state index is -0.0906. The Morgan fingerprint density at radius 3 is 2.49 bits per heavy atom. The van der Waals surface area contributed by atoms with E-state index in [0.717, 1.165) is 91.7 Å². The van der Waals surface area contributed by atoms with Crippen LogP contribution < -0.4 is 19.7 Å². The summed E-state index contributed by atoms with van der Waals surface area (Å²) in [5.74, 6) is 3.32. The number of piperazine rings is 1. The van der Waals surface area contributed by atoms with E-state index in [0.29, 0.717) is 18.9 Å². The number of hydrogen-bond acceptors (Lipinski definition) is 9. The largest absolute Gasteiger partial charge is 0.454 e. The first-order valence-corrected chi connectivity index (χ1v) is 16.2. The van der Waals surface area contributed by atoms with Crippen molar-refractivity contribution in [2.24, 2.45) is 0 Å². The van der Waals surface area contributed by atoms with Crippen molar-refractivity contribution in [1.29, 1.82) is 0 Å². The molecule has 6 rings (SSSR count). The van der Waals surface area contributed by atoms with Crippen molar-refractivity contribution in [3.63, 3.8) is 0 Å². The Kier molecular flexibility index (Phi) is 9.06. The maximum Gasteiger partial charge on any atom is 0.251 e. The molecule has 1 aromatic heterocycles. The van der Waals surface area contributed by atoms with Crippen LogP contribution in [0, 0.1) is 0 Å². The predicted molar refractivity (Wildman–Crippen MR) is 168 cm³/mol. The fourth-order valence-corrected chi connectivity index (χ4v) is 6.28. The minimum Gasteiger partial charge on any atom is -0.454 e. The molecule has 1 amide bonds. The lowest BCUT2D eigenvalue weighted by Crippen LogP contribution is -2.46. The molecule has 2 aromatic carbocycles. The highest BCUT2D eigenvalue weighted by molar-refractivity contribution is 7.98. The maximum atomic E-state index is 12.6. The van der Waals surface area contributed by atoms with Crippen LogP contribution in [0.25, 0.3) is 0 Å². The minimum absolute atomic E-state index is 0.0588. The molecule has 0 bridgehead atoms. The smallest absolute Gasteiger partial charge is 0.251 e. The molecule has 10 heteroatoms.